The lowest BCUT2D eigenvalue weighted by Gasteiger charge is -2.16. The first-order valence-corrected chi connectivity index (χ1v) is 7.35. The quantitative estimate of drug-likeness (QED) is 0.863. The molecule has 2 heterocycles. The number of likely N-dealkylation sites (N-methyl/N-ethyl adjacent to an activating group) is 1. The molecule has 2 aromatic heterocycles. The number of carbonyl (C=O) groups excluding carboxylic acids is 1. The highest BCUT2D eigenvalue weighted by molar-refractivity contribution is 6.31. The van der Waals surface area contributed by atoms with Gasteiger partial charge in [-0.15, -0.1) is 11.6 Å². The summed E-state index contributed by atoms with van der Waals surface area (Å²) in [6.07, 6.45) is 2.12. The minimum atomic E-state index is -0.396. The first-order valence-electron chi connectivity index (χ1n) is 6.44. The molecule has 0 aliphatic rings. The standard InChI is InChI=1S/C13H16Cl2N4O/c1-3-16-13(20)8(2)19-11(4-5-14)18-10-6-9(15)7-17-12(10)19/h6-8H,3-5H2,1-2H3,(H,16,20). The Bertz CT molecular complexity index is 626. The summed E-state index contributed by atoms with van der Waals surface area (Å²) in [7, 11) is 0. The van der Waals surface area contributed by atoms with Gasteiger partial charge in [0, 0.05) is 25.0 Å². The lowest BCUT2D eigenvalue weighted by Crippen LogP contribution is -2.31. The highest BCUT2D eigenvalue weighted by Crippen LogP contribution is 2.22. The van der Waals surface area contributed by atoms with Crippen LogP contribution in [-0.2, 0) is 11.2 Å². The Labute approximate surface area is 127 Å². The van der Waals surface area contributed by atoms with E-state index in [1.165, 1.54) is 0 Å². The van der Waals surface area contributed by atoms with Crippen LogP contribution in [0.1, 0.15) is 25.7 Å². The second-order valence-corrected chi connectivity index (χ2v) is 5.22. The number of pyridine rings is 1. The third-order valence-corrected chi connectivity index (χ3v) is 3.40. The number of imidazole rings is 1. The van der Waals surface area contributed by atoms with Crippen LogP contribution in [0.3, 0.4) is 0 Å². The van der Waals surface area contributed by atoms with Crippen LogP contribution in [0.25, 0.3) is 11.2 Å². The zero-order valence-corrected chi connectivity index (χ0v) is 12.9. The Balaban J connectivity index is 2.53. The first kappa shape index (κ1) is 15.1. The molecule has 1 atom stereocenters. The molecule has 0 aliphatic carbocycles. The predicted octanol–water partition coefficient (Wildman–Crippen LogP) is 2.56. The Morgan fingerprint density at radius 3 is 2.95 bits per heavy atom. The molecular formula is C13H16Cl2N4O. The number of aryl methyl sites for hydroxylation is 1. The minimum absolute atomic E-state index is 0.0700. The average molecular weight is 315 g/mol. The number of alkyl halides is 1. The van der Waals surface area contributed by atoms with Crippen LogP contribution in [-0.4, -0.2) is 32.9 Å². The van der Waals surface area contributed by atoms with Gasteiger partial charge in [-0.1, -0.05) is 11.6 Å². The fourth-order valence-electron chi connectivity index (χ4n) is 2.11. The number of halogens is 2. The topological polar surface area (TPSA) is 59.8 Å². The smallest absolute Gasteiger partial charge is 0.242 e. The first-order chi connectivity index (χ1) is 9.58. The molecule has 20 heavy (non-hydrogen) atoms. The van der Waals surface area contributed by atoms with E-state index < -0.39 is 6.04 Å². The van der Waals surface area contributed by atoms with Crippen molar-refractivity contribution in [3.05, 3.63) is 23.1 Å². The van der Waals surface area contributed by atoms with Crippen molar-refractivity contribution in [3.8, 4) is 0 Å². The van der Waals surface area contributed by atoms with Crippen LogP contribution < -0.4 is 5.32 Å². The van der Waals surface area contributed by atoms with Gasteiger partial charge in [-0.3, -0.25) is 4.79 Å². The monoisotopic (exact) mass is 314 g/mol. The third-order valence-electron chi connectivity index (χ3n) is 3.01. The molecule has 1 amide bonds. The molecule has 0 fully saturated rings. The van der Waals surface area contributed by atoms with Crippen molar-refractivity contribution < 1.29 is 4.79 Å². The van der Waals surface area contributed by atoms with Crippen molar-refractivity contribution in [2.24, 2.45) is 0 Å². The van der Waals surface area contributed by atoms with Crippen LogP contribution in [0.4, 0.5) is 0 Å². The number of aromatic nitrogens is 3. The Morgan fingerprint density at radius 1 is 1.55 bits per heavy atom. The molecule has 5 nitrogen and oxygen atoms in total. The van der Waals surface area contributed by atoms with Crippen LogP contribution in [0, 0.1) is 0 Å². The molecule has 2 rings (SSSR count). The zero-order chi connectivity index (χ0) is 14.7. The van der Waals surface area contributed by atoms with E-state index in [1.54, 1.807) is 12.3 Å². The number of rotatable bonds is 5. The van der Waals surface area contributed by atoms with Crippen LogP contribution in [0.2, 0.25) is 5.02 Å². The number of fused-ring (bicyclic) bond motifs is 1. The van der Waals surface area contributed by atoms with E-state index in [4.69, 9.17) is 23.2 Å². The summed E-state index contributed by atoms with van der Waals surface area (Å²) in [6.45, 7) is 4.29. The largest absolute Gasteiger partial charge is 0.355 e. The number of nitrogens with one attached hydrogen (secondary N) is 1. The van der Waals surface area contributed by atoms with Crippen LogP contribution >= 0.6 is 23.2 Å². The summed E-state index contributed by atoms with van der Waals surface area (Å²) in [4.78, 5) is 20.8. The molecule has 0 aromatic carbocycles. The van der Waals surface area contributed by atoms with Gasteiger partial charge in [-0.05, 0) is 19.9 Å². The second-order valence-electron chi connectivity index (χ2n) is 4.40. The maximum atomic E-state index is 12.1. The normalized spacial score (nSPS) is 12.6. The summed E-state index contributed by atoms with van der Waals surface area (Å²) in [5, 5.41) is 3.32. The Kier molecular flexibility index (Phi) is 4.83. The van der Waals surface area contributed by atoms with Gasteiger partial charge in [0.25, 0.3) is 0 Å². The summed E-state index contributed by atoms with van der Waals surface area (Å²) in [5.41, 5.74) is 1.32. The van der Waals surface area contributed by atoms with E-state index in [-0.39, 0.29) is 5.91 Å². The van der Waals surface area contributed by atoms with Gasteiger partial charge in [-0.2, -0.15) is 0 Å². The molecule has 0 aliphatic heterocycles. The third kappa shape index (κ3) is 2.88. The van der Waals surface area contributed by atoms with Crippen molar-refractivity contribution in [2.45, 2.75) is 26.3 Å². The maximum absolute atomic E-state index is 12.1. The zero-order valence-electron chi connectivity index (χ0n) is 11.4. The molecular weight excluding hydrogens is 299 g/mol. The van der Waals surface area contributed by atoms with Gasteiger partial charge < -0.3 is 9.88 Å². The second kappa shape index (κ2) is 6.41. The van der Waals surface area contributed by atoms with E-state index in [0.717, 1.165) is 5.82 Å². The van der Waals surface area contributed by atoms with E-state index in [9.17, 15) is 4.79 Å². The lowest BCUT2D eigenvalue weighted by atomic mass is 10.3. The van der Waals surface area contributed by atoms with Crippen molar-refractivity contribution in [1.29, 1.82) is 0 Å². The van der Waals surface area contributed by atoms with Gasteiger partial charge >= 0.3 is 0 Å². The number of hydrogen-bond donors (Lipinski definition) is 1. The van der Waals surface area contributed by atoms with E-state index in [0.29, 0.717) is 35.0 Å². The summed E-state index contributed by atoms with van der Waals surface area (Å²) in [5.74, 6) is 1.10. The molecule has 2 aromatic rings. The number of hydrogen-bond acceptors (Lipinski definition) is 3. The Morgan fingerprint density at radius 2 is 2.30 bits per heavy atom. The molecule has 108 valence electrons. The molecule has 1 unspecified atom stereocenters. The van der Waals surface area contributed by atoms with Crippen molar-refractivity contribution in [1.82, 2.24) is 19.9 Å². The van der Waals surface area contributed by atoms with Crippen LogP contribution in [0.5, 0.6) is 0 Å². The molecule has 0 saturated heterocycles. The molecule has 7 heteroatoms. The molecule has 0 saturated carbocycles. The number of carbonyl (C=O) groups is 1. The van der Waals surface area contributed by atoms with E-state index in [2.05, 4.69) is 15.3 Å². The molecule has 0 spiro atoms. The van der Waals surface area contributed by atoms with E-state index >= 15 is 0 Å². The van der Waals surface area contributed by atoms with Gasteiger partial charge in [0.1, 0.15) is 17.4 Å². The highest BCUT2D eigenvalue weighted by atomic mass is 35.5. The maximum Gasteiger partial charge on any atom is 0.242 e. The van der Waals surface area contributed by atoms with Crippen molar-refractivity contribution in [3.63, 3.8) is 0 Å². The lowest BCUT2D eigenvalue weighted by molar-refractivity contribution is -0.123. The average Bonchev–Trinajstić information content (AvgIpc) is 2.75. The van der Waals surface area contributed by atoms with Gasteiger partial charge in [0.05, 0.1) is 5.02 Å². The summed E-state index contributed by atoms with van der Waals surface area (Å²) >= 11 is 11.7. The molecule has 0 bridgehead atoms. The molecule has 1 N–H and O–H groups in total. The predicted molar refractivity (Wildman–Crippen MR) is 80.4 cm³/mol. The van der Waals surface area contributed by atoms with Crippen molar-refractivity contribution in [2.75, 3.05) is 12.4 Å². The van der Waals surface area contributed by atoms with Gasteiger partial charge in [0.15, 0.2) is 5.65 Å². The summed E-state index contributed by atoms with van der Waals surface area (Å²) < 4.78 is 1.82. The highest BCUT2D eigenvalue weighted by Gasteiger charge is 2.21. The number of nitrogens with zero attached hydrogens (tertiary/aromatic N) is 3. The van der Waals surface area contributed by atoms with Gasteiger partial charge in [-0.25, -0.2) is 9.97 Å². The fourth-order valence-corrected chi connectivity index (χ4v) is 2.43. The molecule has 0 radical (unpaired) electrons. The van der Waals surface area contributed by atoms with Crippen molar-refractivity contribution >= 4 is 40.3 Å². The van der Waals surface area contributed by atoms with Gasteiger partial charge in [0.2, 0.25) is 5.91 Å². The fraction of sp³-hybridized carbons (Fsp3) is 0.462. The summed E-state index contributed by atoms with van der Waals surface area (Å²) in [6, 6.07) is 1.34. The van der Waals surface area contributed by atoms with Crippen LogP contribution in [0.15, 0.2) is 12.3 Å². The minimum Gasteiger partial charge on any atom is -0.355 e. The number of amides is 1. The SMILES string of the molecule is CCNC(=O)C(C)n1c(CCCl)nc2cc(Cl)cnc21. The van der Waals surface area contributed by atoms with E-state index in [1.807, 2.05) is 18.4 Å². The Hall–Kier alpha value is -1.33.